The van der Waals surface area contributed by atoms with Crippen LogP contribution in [0.4, 0.5) is 5.69 Å². The second-order valence-electron chi connectivity index (χ2n) is 6.99. The van der Waals surface area contributed by atoms with Crippen LogP contribution in [0.5, 0.6) is 0 Å². The van der Waals surface area contributed by atoms with E-state index < -0.39 is 10.0 Å². The number of fused-ring (bicyclic) bond motifs is 1. The van der Waals surface area contributed by atoms with Crippen LogP contribution in [0.2, 0.25) is 0 Å². The number of anilines is 1. The van der Waals surface area contributed by atoms with Gasteiger partial charge >= 0.3 is 4.87 Å². The SMILES string of the molecule is CCCCN(C)S(=O)(=O)c1ccc(NC(=O)CCn2c(=O)sc3ccccc32)cc1. The van der Waals surface area contributed by atoms with Crippen LogP contribution in [0.1, 0.15) is 26.2 Å². The van der Waals surface area contributed by atoms with Crippen molar-refractivity contribution < 1.29 is 13.2 Å². The van der Waals surface area contributed by atoms with Gasteiger partial charge in [-0.25, -0.2) is 12.7 Å². The average molecular weight is 448 g/mol. The standard InChI is InChI=1S/C21H25N3O4S2/c1-3-4-14-23(2)30(27,28)17-11-9-16(10-12-17)22-20(25)13-15-24-18-7-5-6-8-19(18)29-21(24)26/h5-12H,3-4,13-15H2,1-2H3,(H,22,25). The third-order valence-electron chi connectivity index (χ3n) is 4.81. The molecule has 2 aromatic carbocycles. The van der Waals surface area contributed by atoms with Crippen LogP contribution >= 0.6 is 11.3 Å². The highest BCUT2D eigenvalue weighted by atomic mass is 32.2. The quantitative estimate of drug-likeness (QED) is 0.544. The summed E-state index contributed by atoms with van der Waals surface area (Å²) in [6, 6.07) is 13.6. The first kappa shape index (κ1) is 22.2. The molecule has 1 heterocycles. The highest BCUT2D eigenvalue weighted by molar-refractivity contribution is 7.89. The van der Waals surface area contributed by atoms with Gasteiger partial charge in [-0.05, 0) is 42.8 Å². The van der Waals surface area contributed by atoms with Gasteiger partial charge in [0.2, 0.25) is 15.9 Å². The molecule has 3 rings (SSSR count). The van der Waals surface area contributed by atoms with E-state index in [-0.39, 0.29) is 28.6 Å². The Labute approximate surface area is 180 Å². The van der Waals surface area contributed by atoms with E-state index in [0.717, 1.165) is 34.4 Å². The largest absolute Gasteiger partial charge is 0.326 e. The zero-order valence-electron chi connectivity index (χ0n) is 17.0. The Kier molecular flexibility index (Phi) is 7.06. The summed E-state index contributed by atoms with van der Waals surface area (Å²) in [7, 11) is -1.97. The summed E-state index contributed by atoms with van der Waals surface area (Å²) in [6.07, 6.45) is 1.85. The minimum Gasteiger partial charge on any atom is -0.326 e. The lowest BCUT2D eigenvalue weighted by molar-refractivity contribution is -0.116. The van der Waals surface area contributed by atoms with Gasteiger partial charge < -0.3 is 5.32 Å². The molecule has 3 aromatic rings. The van der Waals surface area contributed by atoms with Gasteiger partial charge in [0, 0.05) is 32.2 Å². The van der Waals surface area contributed by atoms with E-state index in [1.165, 1.54) is 16.4 Å². The summed E-state index contributed by atoms with van der Waals surface area (Å²) >= 11 is 1.16. The molecule has 0 bridgehead atoms. The zero-order chi connectivity index (χ0) is 21.7. The smallest absolute Gasteiger partial charge is 0.308 e. The minimum atomic E-state index is -3.54. The number of carbonyl (C=O) groups excluding carboxylic acids is 1. The van der Waals surface area contributed by atoms with Crippen LogP contribution in [-0.4, -0.2) is 36.8 Å². The number of amides is 1. The number of hydrogen-bond donors (Lipinski definition) is 1. The van der Waals surface area contributed by atoms with E-state index >= 15 is 0 Å². The number of carbonyl (C=O) groups is 1. The van der Waals surface area contributed by atoms with Gasteiger partial charge in [0.05, 0.1) is 15.1 Å². The molecule has 1 aromatic heterocycles. The van der Waals surface area contributed by atoms with Gasteiger partial charge in [-0.2, -0.15) is 0 Å². The molecule has 0 saturated carbocycles. The second kappa shape index (κ2) is 9.55. The number of aryl methyl sites for hydroxylation is 1. The Balaban J connectivity index is 1.62. The van der Waals surface area contributed by atoms with E-state index in [1.54, 1.807) is 23.7 Å². The fourth-order valence-electron chi connectivity index (χ4n) is 3.05. The van der Waals surface area contributed by atoms with Crippen molar-refractivity contribution in [3.05, 3.63) is 58.2 Å². The molecule has 0 unspecified atom stereocenters. The predicted octanol–water partition coefficient (Wildman–Crippen LogP) is 3.51. The van der Waals surface area contributed by atoms with Crippen LogP contribution in [0, 0.1) is 0 Å². The van der Waals surface area contributed by atoms with Crippen molar-refractivity contribution in [2.24, 2.45) is 0 Å². The van der Waals surface area contributed by atoms with Crippen LogP contribution in [0.25, 0.3) is 10.2 Å². The summed E-state index contributed by atoms with van der Waals surface area (Å²) in [5, 5.41) is 2.75. The first-order valence-corrected chi connectivity index (χ1v) is 12.0. The number of sulfonamides is 1. The van der Waals surface area contributed by atoms with E-state index in [1.807, 2.05) is 31.2 Å². The molecule has 0 aliphatic rings. The molecule has 1 amide bonds. The predicted molar refractivity (Wildman–Crippen MR) is 120 cm³/mol. The second-order valence-corrected chi connectivity index (χ2v) is 10.0. The molecule has 160 valence electrons. The van der Waals surface area contributed by atoms with Crippen LogP contribution in [0.3, 0.4) is 0 Å². The normalized spacial score (nSPS) is 11.8. The van der Waals surface area contributed by atoms with E-state index in [2.05, 4.69) is 5.32 Å². The lowest BCUT2D eigenvalue weighted by atomic mass is 10.3. The Morgan fingerprint density at radius 3 is 2.53 bits per heavy atom. The number of rotatable bonds is 9. The van der Waals surface area contributed by atoms with Crippen LogP contribution in [0.15, 0.2) is 58.2 Å². The van der Waals surface area contributed by atoms with Gasteiger partial charge in [-0.15, -0.1) is 0 Å². The first-order valence-electron chi connectivity index (χ1n) is 9.77. The van der Waals surface area contributed by atoms with Crippen molar-refractivity contribution >= 4 is 43.2 Å². The molecule has 0 radical (unpaired) electrons. The first-order chi connectivity index (χ1) is 14.3. The molecule has 30 heavy (non-hydrogen) atoms. The summed E-state index contributed by atoms with van der Waals surface area (Å²) in [4.78, 5) is 24.6. The van der Waals surface area contributed by atoms with Crippen molar-refractivity contribution in [3.8, 4) is 0 Å². The number of benzene rings is 2. The van der Waals surface area contributed by atoms with Crippen molar-refractivity contribution in [1.82, 2.24) is 8.87 Å². The monoisotopic (exact) mass is 447 g/mol. The van der Waals surface area contributed by atoms with Gasteiger partial charge in [-0.1, -0.05) is 36.8 Å². The Bertz CT molecular complexity index is 1180. The van der Waals surface area contributed by atoms with E-state index in [4.69, 9.17) is 0 Å². The molecule has 0 atom stereocenters. The maximum absolute atomic E-state index is 12.6. The van der Waals surface area contributed by atoms with Crippen LogP contribution < -0.4 is 10.2 Å². The molecule has 0 saturated heterocycles. The molecule has 7 nitrogen and oxygen atoms in total. The van der Waals surface area contributed by atoms with Crippen molar-refractivity contribution in [3.63, 3.8) is 0 Å². The van der Waals surface area contributed by atoms with Crippen molar-refractivity contribution in [2.45, 2.75) is 37.6 Å². The fraction of sp³-hybridized carbons (Fsp3) is 0.333. The highest BCUT2D eigenvalue weighted by Gasteiger charge is 2.20. The maximum Gasteiger partial charge on any atom is 0.308 e. The number of nitrogens with one attached hydrogen (secondary N) is 1. The third-order valence-corrected chi connectivity index (χ3v) is 7.64. The van der Waals surface area contributed by atoms with E-state index in [0.29, 0.717) is 12.2 Å². The number of nitrogens with zero attached hydrogens (tertiary/aromatic N) is 2. The fourth-order valence-corrected chi connectivity index (χ4v) is 5.18. The van der Waals surface area contributed by atoms with Gasteiger partial charge in [0.15, 0.2) is 0 Å². The molecule has 0 fully saturated rings. The third kappa shape index (κ3) is 4.97. The number of aromatic nitrogens is 1. The molecular formula is C21H25N3O4S2. The summed E-state index contributed by atoms with van der Waals surface area (Å²) < 4.78 is 28.9. The number of para-hydroxylation sites is 1. The summed E-state index contributed by atoms with van der Waals surface area (Å²) in [5.74, 6) is -0.243. The van der Waals surface area contributed by atoms with E-state index in [9.17, 15) is 18.0 Å². The summed E-state index contributed by atoms with van der Waals surface area (Å²) in [6.45, 7) is 2.76. The van der Waals surface area contributed by atoms with Gasteiger partial charge in [0.25, 0.3) is 0 Å². The Morgan fingerprint density at radius 1 is 1.13 bits per heavy atom. The Hall–Kier alpha value is -2.49. The molecule has 0 aliphatic carbocycles. The maximum atomic E-state index is 12.6. The summed E-state index contributed by atoms with van der Waals surface area (Å²) in [5.41, 5.74) is 1.33. The average Bonchev–Trinajstić information content (AvgIpc) is 3.05. The lowest BCUT2D eigenvalue weighted by Crippen LogP contribution is -2.27. The minimum absolute atomic E-state index is 0.0919. The lowest BCUT2D eigenvalue weighted by Gasteiger charge is -2.17. The molecule has 1 N–H and O–H groups in total. The van der Waals surface area contributed by atoms with Crippen LogP contribution in [-0.2, 0) is 21.4 Å². The topological polar surface area (TPSA) is 88.5 Å². The molecule has 9 heteroatoms. The number of hydrogen-bond acceptors (Lipinski definition) is 5. The molecular weight excluding hydrogens is 422 g/mol. The highest BCUT2D eigenvalue weighted by Crippen LogP contribution is 2.19. The zero-order valence-corrected chi connectivity index (χ0v) is 18.6. The number of unbranched alkanes of at least 4 members (excludes halogenated alkanes) is 1. The Morgan fingerprint density at radius 2 is 1.83 bits per heavy atom. The van der Waals surface area contributed by atoms with Crippen molar-refractivity contribution in [2.75, 3.05) is 18.9 Å². The number of thiazole rings is 1. The molecule has 0 aliphatic heterocycles. The van der Waals surface area contributed by atoms with Gasteiger partial charge in [-0.3, -0.25) is 14.2 Å². The molecule has 0 spiro atoms. The van der Waals surface area contributed by atoms with Gasteiger partial charge in [0.1, 0.15) is 0 Å². The van der Waals surface area contributed by atoms with Crippen molar-refractivity contribution in [1.29, 1.82) is 0 Å².